The number of rotatable bonds is 9. The van der Waals surface area contributed by atoms with E-state index in [4.69, 9.17) is 14.2 Å². The van der Waals surface area contributed by atoms with Gasteiger partial charge in [0.1, 0.15) is 5.75 Å². The summed E-state index contributed by atoms with van der Waals surface area (Å²) in [4.78, 5) is 23.7. The highest BCUT2D eigenvalue weighted by Crippen LogP contribution is 2.31. The van der Waals surface area contributed by atoms with Gasteiger partial charge in [-0.05, 0) is 42.7 Å². The third-order valence-corrected chi connectivity index (χ3v) is 4.28. The number of carbonyl (C=O) groups is 2. The van der Waals surface area contributed by atoms with E-state index in [2.05, 4.69) is 5.32 Å². The van der Waals surface area contributed by atoms with Gasteiger partial charge in [0.05, 0.1) is 26.7 Å². The molecule has 2 N–H and O–H groups in total. The Bertz CT molecular complexity index is 829. The van der Waals surface area contributed by atoms with Gasteiger partial charge in [-0.3, -0.25) is 9.59 Å². The number of benzene rings is 2. The highest BCUT2D eigenvalue weighted by Gasteiger charge is 2.20. The molecule has 0 saturated carbocycles. The Kier molecular flexibility index (Phi) is 7.26. The number of carbonyl (C=O) groups excluding carboxylic acids is 1. The van der Waals surface area contributed by atoms with Crippen LogP contribution in [0.25, 0.3) is 0 Å². The van der Waals surface area contributed by atoms with E-state index < -0.39 is 17.9 Å². The summed E-state index contributed by atoms with van der Waals surface area (Å²) in [5.74, 6) is 0.180. The largest absolute Gasteiger partial charge is 0.493 e. The molecule has 7 heteroatoms. The normalized spacial score (nSPS) is 11.4. The standard InChI is InChI=1S/C21H25NO6/c1-13-6-5-7-14(2)21(13)28-12-19(23)22-16(11-20(24)25)15-8-9-17(26-3)18(10-15)27-4/h5-10,16H,11-12H2,1-4H3,(H,22,23)(H,24,25). The Balaban J connectivity index is 2.13. The lowest BCUT2D eigenvalue weighted by atomic mass is 10.0. The fourth-order valence-electron chi connectivity index (χ4n) is 2.90. The highest BCUT2D eigenvalue weighted by atomic mass is 16.5. The predicted octanol–water partition coefficient (Wildman–Crippen LogP) is 3.03. The fraction of sp³-hybridized carbons (Fsp3) is 0.333. The predicted molar refractivity (Wildman–Crippen MR) is 104 cm³/mol. The Morgan fingerprint density at radius 3 is 2.25 bits per heavy atom. The van der Waals surface area contributed by atoms with Crippen LogP contribution >= 0.6 is 0 Å². The Hall–Kier alpha value is -3.22. The highest BCUT2D eigenvalue weighted by molar-refractivity contribution is 5.79. The number of amides is 1. The van der Waals surface area contributed by atoms with Crippen LogP contribution < -0.4 is 19.5 Å². The maximum atomic E-state index is 12.4. The number of aryl methyl sites for hydroxylation is 2. The molecule has 0 saturated heterocycles. The minimum Gasteiger partial charge on any atom is -0.493 e. The van der Waals surface area contributed by atoms with Gasteiger partial charge in [0.2, 0.25) is 0 Å². The average Bonchev–Trinajstić information content (AvgIpc) is 2.66. The monoisotopic (exact) mass is 387 g/mol. The van der Waals surface area contributed by atoms with E-state index in [1.165, 1.54) is 14.2 Å². The summed E-state index contributed by atoms with van der Waals surface area (Å²) in [6.07, 6.45) is -0.273. The van der Waals surface area contributed by atoms with Crippen molar-refractivity contribution >= 4 is 11.9 Å². The minimum atomic E-state index is -1.03. The fourth-order valence-corrected chi connectivity index (χ4v) is 2.90. The van der Waals surface area contributed by atoms with E-state index in [9.17, 15) is 14.7 Å². The first-order valence-electron chi connectivity index (χ1n) is 8.77. The molecule has 0 radical (unpaired) electrons. The van der Waals surface area contributed by atoms with Gasteiger partial charge in [0, 0.05) is 0 Å². The van der Waals surface area contributed by atoms with Crippen LogP contribution in [0.5, 0.6) is 17.2 Å². The average molecular weight is 387 g/mol. The van der Waals surface area contributed by atoms with Crippen LogP contribution in [0, 0.1) is 13.8 Å². The first kappa shape index (κ1) is 21.1. The van der Waals surface area contributed by atoms with Crippen molar-refractivity contribution < 1.29 is 28.9 Å². The van der Waals surface area contributed by atoms with Gasteiger partial charge in [-0.25, -0.2) is 0 Å². The van der Waals surface area contributed by atoms with Crippen molar-refractivity contribution in [1.29, 1.82) is 0 Å². The van der Waals surface area contributed by atoms with Crippen LogP contribution in [0.2, 0.25) is 0 Å². The number of aliphatic carboxylic acids is 1. The summed E-state index contributed by atoms with van der Waals surface area (Å²) < 4.78 is 16.1. The molecule has 0 bridgehead atoms. The Morgan fingerprint density at radius 2 is 1.68 bits per heavy atom. The number of carboxylic acid groups (broad SMARTS) is 1. The third kappa shape index (κ3) is 5.39. The van der Waals surface area contributed by atoms with Crippen molar-refractivity contribution in [2.45, 2.75) is 26.3 Å². The van der Waals surface area contributed by atoms with Crippen LogP contribution in [0.4, 0.5) is 0 Å². The van der Waals surface area contributed by atoms with Crippen LogP contribution in [-0.2, 0) is 9.59 Å². The van der Waals surface area contributed by atoms with Crippen LogP contribution in [-0.4, -0.2) is 37.8 Å². The minimum absolute atomic E-state index is 0.213. The maximum absolute atomic E-state index is 12.4. The van der Waals surface area contributed by atoms with Gasteiger partial charge in [0.15, 0.2) is 18.1 Å². The van der Waals surface area contributed by atoms with Crippen molar-refractivity contribution in [2.24, 2.45) is 0 Å². The molecule has 0 spiro atoms. The summed E-state index contributed by atoms with van der Waals surface area (Å²) in [7, 11) is 3.00. The number of para-hydroxylation sites is 1. The van der Waals surface area contributed by atoms with Crippen LogP contribution in [0.3, 0.4) is 0 Å². The summed E-state index contributed by atoms with van der Waals surface area (Å²) >= 11 is 0. The molecule has 150 valence electrons. The van der Waals surface area contributed by atoms with Crippen molar-refractivity contribution in [3.8, 4) is 17.2 Å². The van der Waals surface area contributed by atoms with Gasteiger partial charge < -0.3 is 24.6 Å². The zero-order chi connectivity index (χ0) is 20.7. The molecule has 0 aromatic heterocycles. The molecule has 0 aliphatic carbocycles. The van der Waals surface area contributed by atoms with Gasteiger partial charge in [0.25, 0.3) is 5.91 Å². The van der Waals surface area contributed by atoms with Crippen molar-refractivity contribution in [3.05, 3.63) is 53.1 Å². The molecular weight excluding hydrogens is 362 g/mol. The quantitative estimate of drug-likeness (QED) is 0.687. The van der Waals surface area contributed by atoms with Gasteiger partial charge >= 0.3 is 5.97 Å². The molecule has 1 atom stereocenters. The first-order chi connectivity index (χ1) is 13.3. The summed E-state index contributed by atoms with van der Waals surface area (Å²) in [6, 6.07) is 10.0. The molecule has 1 unspecified atom stereocenters. The second-order valence-electron chi connectivity index (χ2n) is 6.34. The molecular formula is C21H25NO6. The molecule has 2 aromatic carbocycles. The summed E-state index contributed by atoms with van der Waals surface area (Å²) in [6.45, 7) is 3.59. The molecule has 0 aliphatic heterocycles. The molecule has 2 rings (SSSR count). The molecule has 2 aromatic rings. The second-order valence-corrected chi connectivity index (χ2v) is 6.34. The molecule has 0 aliphatic rings. The first-order valence-corrected chi connectivity index (χ1v) is 8.77. The lowest BCUT2D eigenvalue weighted by molar-refractivity contribution is -0.137. The van der Waals surface area contributed by atoms with E-state index >= 15 is 0 Å². The topological polar surface area (TPSA) is 94.1 Å². The molecule has 28 heavy (non-hydrogen) atoms. The van der Waals surface area contributed by atoms with Crippen molar-refractivity contribution in [3.63, 3.8) is 0 Å². The number of ether oxygens (including phenoxy) is 3. The summed E-state index contributed by atoms with van der Waals surface area (Å²) in [5.41, 5.74) is 2.45. The maximum Gasteiger partial charge on any atom is 0.305 e. The molecule has 7 nitrogen and oxygen atoms in total. The number of nitrogens with one attached hydrogen (secondary N) is 1. The van der Waals surface area contributed by atoms with E-state index in [1.54, 1.807) is 18.2 Å². The van der Waals surface area contributed by atoms with E-state index in [1.807, 2.05) is 32.0 Å². The SMILES string of the molecule is COc1ccc(C(CC(=O)O)NC(=O)COc2c(C)cccc2C)cc1OC. The molecule has 1 amide bonds. The van der Waals surface area contributed by atoms with E-state index in [0.717, 1.165) is 11.1 Å². The zero-order valence-electron chi connectivity index (χ0n) is 16.4. The van der Waals surface area contributed by atoms with Gasteiger partial charge in [-0.1, -0.05) is 24.3 Å². The van der Waals surface area contributed by atoms with Crippen LogP contribution in [0.15, 0.2) is 36.4 Å². The summed E-state index contributed by atoms with van der Waals surface area (Å²) in [5, 5.41) is 11.9. The van der Waals surface area contributed by atoms with Gasteiger partial charge in [-0.15, -0.1) is 0 Å². The molecule has 0 fully saturated rings. The number of methoxy groups -OCH3 is 2. The molecule has 0 heterocycles. The lowest BCUT2D eigenvalue weighted by Gasteiger charge is -2.19. The van der Waals surface area contributed by atoms with E-state index in [0.29, 0.717) is 22.8 Å². The lowest BCUT2D eigenvalue weighted by Crippen LogP contribution is -2.34. The van der Waals surface area contributed by atoms with Crippen LogP contribution in [0.1, 0.15) is 29.2 Å². The van der Waals surface area contributed by atoms with Crippen molar-refractivity contribution in [1.82, 2.24) is 5.32 Å². The second kappa shape index (κ2) is 9.64. The third-order valence-electron chi connectivity index (χ3n) is 4.28. The Morgan fingerprint density at radius 1 is 1.04 bits per heavy atom. The Labute approximate surface area is 164 Å². The van der Waals surface area contributed by atoms with Crippen molar-refractivity contribution in [2.75, 3.05) is 20.8 Å². The van der Waals surface area contributed by atoms with E-state index in [-0.39, 0.29) is 13.0 Å². The number of hydrogen-bond acceptors (Lipinski definition) is 5. The number of carboxylic acids is 1. The smallest absolute Gasteiger partial charge is 0.305 e. The van der Waals surface area contributed by atoms with Gasteiger partial charge in [-0.2, -0.15) is 0 Å². The number of hydrogen-bond donors (Lipinski definition) is 2. The zero-order valence-corrected chi connectivity index (χ0v) is 16.4.